The Morgan fingerprint density at radius 2 is 2.41 bits per heavy atom. The normalized spacial score (nSPS) is 19.5. The predicted octanol–water partition coefficient (Wildman–Crippen LogP) is 1.08. The SMILES string of the molecule is Cc1nc(CCNC(=O)C2CSCN2)sc1C. The lowest BCUT2D eigenvalue weighted by molar-refractivity contribution is -0.122. The molecule has 0 radical (unpaired) electrons. The number of carbonyl (C=O) groups excluding carboxylic acids is 1. The Bertz CT molecular complexity index is 380. The molecule has 2 N–H and O–H groups in total. The third-order valence-corrected chi connectivity index (χ3v) is 4.82. The third-order valence-electron chi connectivity index (χ3n) is 2.74. The molecular formula is C11H17N3OS2. The molecule has 1 atom stereocenters. The molecule has 1 fully saturated rings. The fourth-order valence-corrected chi connectivity index (χ4v) is 3.50. The molecule has 0 bridgehead atoms. The van der Waals surface area contributed by atoms with Gasteiger partial charge in [0.2, 0.25) is 5.91 Å². The van der Waals surface area contributed by atoms with E-state index in [1.54, 1.807) is 23.1 Å². The van der Waals surface area contributed by atoms with Gasteiger partial charge in [0.25, 0.3) is 0 Å². The lowest BCUT2D eigenvalue weighted by Gasteiger charge is -2.09. The van der Waals surface area contributed by atoms with Gasteiger partial charge in [-0.15, -0.1) is 23.1 Å². The molecule has 0 aliphatic carbocycles. The molecule has 2 heterocycles. The lowest BCUT2D eigenvalue weighted by Crippen LogP contribution is -2.42. The van der Waals surface area contributed by atoms with Crippen LogP contribution in [0.2, 0.25) is 0 Å². The van der Waals surface area contributed by atoms with Crippen molar-refractivity contribution in [3.63, 3.8) is 0 Å². The summed E-state index contributed by atoms with van der Waals surface area (Å²) >= 11 is 3.48. The van der Waals surface area contributed by atoms with Crippen LogP contribution in [0.5, 0.6) is 0 Å². The van der Waals surface area contributed by atoms with Crippen LogP contribution in [0.3, 0.4) is 0 Å². The predicted molar refractivity (Wildman–Crippen MR) is 72.6 cm³/mol. The number of rotatable bonds is 4. The van der Waals surface area contributed by atoms with Gasteiger partial charge in [-0.25, -0.2) is 4.98 Å². The highest BCUT2D eigenvalue weighted by Gasteiger charge is 2.21. The van der Waals surface area contributed by atoms with Crippen molar-refractivity contribution >= 4 is 29.0 Å². The van der Waals surface area contributed by atoms with Gasteiger partial charge in [-0.3, -0.25) is 10.1 Å². The van der Waals surface area contributed by atoms with Gasteiger partial charge < -0.3 is 5.32 Å². The van der Waals surface area contributed by atoms with E-state index in [9.17, 15) is 4.79 Å². The maximum absolute atomic E-state index is 11.7. The van der Waals surface area contributed by atoms with Crippen LogP contribution in [0.4, 0.5) is 0 Å². The molecule has 0 spiro atoms. The van der Waals surface area contributed by atoms with E-state index in [-0.39, 0.29) is 11.9 Å². The van der Waals surface area contributed by atoms with E-state index in [1.165, 1.54) is 4.88 Å². The van der Waals surface area contributed by atoms with Gasteiger partial charge in [0, 0.05) is 29.5 Å². The molecule has 2 rings (SSSR count). The Morgan fingerprint density at radius 3 is 3.00 bits per heavy atom. The second kappa shape index (κ2) is 5.84. The summed E-state index contributed by atoms with van der Waals surface area (Å²) < 4.78 is 0. The molecule has 1 amide bonds. The molecule has 1 aliphatic heterocycles. The maximum atomic E-state index is 11.7. The summed E-state index contributed by atoms with van der Waals surface area (Å²) in [5.41, 5.74) is 1.10. The van der Waals surface area contributed by atoms with Gasteiger partial charge in [0.15, 0.2) is 0 Å². The lowest BCUT2D eigenvalue weighted by atomic mass is 10.3. The van der Waals surface area contributed by atoms with Crippen LogP contribution in [0.1, 0.15) is 15.6 Å². The first-order chi connectivity index (χ1) is 8.16. The summed E-state index contributed by atoms with van der Waals surface area (Å²) in [5, 5.41) is 7.22. The van der Waals surface area contributed by atoms with Crippen LogP contribution in [-0.2, 0) is 11.2 Å². The molecule has 0 saturated carbocycles. The molecule has 4 nitrogen and oxygen atoms in total. The number of hydrogen-bond donors (Lipinski definition) is 2. The van der Waals surface area contributed by atoms with Gasteiger partial charge in [-0.1, -0.05) is 0 Å². The van der Waals surface area contributed by atoms with Crippen molar-refractivity contribution in [1.82, 2.24) is 15.6 Å². The average molecular weight is 271 g/mol. The van der Waals surface area contributed by atoms with Crippen LogP contribution < -0.4 is 10.6 Å². The number of aryl methyl sites for hydroxylation is 2. The fourth-order valence-electron chi connectivity index (χ4n) is 1.63. The highest BCUT2D eigenvalue weighted by Crippen LogP contribution is 2.16. The summed E-state index contributed by atoms with van der Waals surface area (Å²) in [4.78, 5) is 17.4. The van der Waals surface area contributed by atoms with Gasteiger partial charge in [0.1, 0.15) is 0 Å². The maximum Gasteiger partial charge on any atom is 0.238 e. The number of thiazole rings is 1. The van der Waals surface area contributed by atoms with E-state index in [4.69, 9.17) is 0 Å². The van der Waals surface area contributed by atoms with Crippen LogP contribution in [0.15, 0.2) is 0 Å². The van der Waals surface area contributed by atoms with Gasteiger partial charge >= 0.3 is 0 Å². The van der Waals surface area contributed by atoms with Crippen LogP contribution in [0.25, 0.3) is 0 Å². The monoisotopic (exact) mass is 271 g/mol. The largest absolute Gasteiger partial charge is 0.354 e. The van der Waals surface area contributed by atoms with E-state index < -0.39 is 0 Å². The van der Waals surface area contributed by atoms with E-state index in [0.717, 1.165) is 28.8 Å². The average Bonchev–Trinajstić information content (AvgIpc) is 2.90. The highest BCUT2D eigenvalue weighted by atomic mass is 32.2. The Morgan fingerprint density at radius 1 is 1.59 bits per heavy atom. The van der Waals surface area contributed by atoms with Gasteiger partial charge in [-0.2, -0.15) is 0 Å². The Hall–Kier alpha value is -0.590. The number of carbonyl (C=O) groups is 1. The van der Waals surface area contributed by atoms with E-state index >= 15 is 0 Å². The zero-order chi connectivity index (χ0) is 12.3. The zero-order valence-electron chi connectivity index (χ0n) is 10.1. The quantitative estimate of drug-likeness (QED) is 0.860. The molecule has 1 aliphatic rings. The minimum Gasteiger partial charge on any atom is -0.354 e. The van der Waals surface area contributed by atoms with E-state index in [1.807, 2.05) is 6.92 Å². The fraction of sp³-hybridized carbons (Fsp3) is 0.636. The van der Waals surface area contributed by atoms with Crippen LogP contribution >= 0.6 is 23.1 Å². The Labute approximate surface area is 110 Å². The number of amides is 1. The summed E-state index contributed by atoms with van der Waals surface area (Å²) in [7, 11) is 0. The Balaban J connectivity index is 1.73. The first-order valence-electron chi connectivity index (χ1n) is 5.68. The van der Waals surface area contributed by atoms with Gasteiger partial charge in [0.05, 0.1) is 16.7 Å². The van der Waals surface area contributed by atoms with Crippen LogP contribution in [-0.4, -0.2) is 35.1 Å². The van der Waals surface area contributed by atoms with E-state index in [2.05, 4.69) is 22.5 Å². The molecule has 1 aromatic heterocycles. The van der Waals surface area contributed by atoms with Gasteiger partial charge in [-0.05, 0) is 13.8 Å². The number of aromatic nitrogens is 1. The van der Waals surface area contributed by atoms with Crippen LogP contribution in [0, 0.1) is 13.8 Å². The highest BCUT2D eigenvalue weighted by molar-refractivity contribution is 7.99. The summed E-state index contributed by atoms with van der Waals surface area (Å²) in [6, 6.07) is -0.0141. The Kier molecular flexibility index (Phi) is 4.42. The topological polar surface area (TPSA) is 54.0 Å². The van der Waals surface area contributed by atoms with Crippen molar-refractivity contribution < 1.29 is 4.79 Å². The second-order valence-electron chi connectivity index (χ2n) is 4.06. The second-order valence-corrected chi connectivity index (χ2v) is 6.38. The van der Waals surface area contributed by atoms with Crippen molar-refractivity contribution in [2.24, 2.45) is 0 Å². The molecule has 1 saturated heterocycles. The summed E-state index contributed by atoms with van der Waals surface area (Å²) in [6.45, 7) is 4.77. The smallest absolute Gasteiger partial charge is 0.238 e. The molecule has 6 heteroatoms. The number of thioether (sulfide) groups is 1. The zero-order valence-corrected chi connectivity index (χ0v) is 11.7. The molecule has 17 heavy (non-hydrogen) atoms. The number of nitrogens with one attached hydrogen (secondary N) is 2. The number of hydrogen-bond acceptors (Lipinski definition) is 5. The molecule has 94 valence electrons. The van der Waals surface area contributed by atoms with E-state index in [0.29, 0.717) is 6.54 Å². The van der Waals surface area contributed by atoms with Crippen molar-refractivity contribution in [1.29, 1.82) is 0 Å². The standard InChI is InChI=1S/C11H17N3OS2/c1-7-8(2)17-10(14-7)3-4-12-11(15)9-5-16-6-13-9/h9,13H,3-6H2,1-2H3,(H,12,15). The molecule has 1 aromatic rings. The van der Waals surface area contributed by atoms with Crippen molar-refractivity contribution in [2.45, 2.75) is 26.3 Å². The first kappa shape index (κ1) is 12.9. The number of nitrogens with zero attached hydrogens (tertiary/aromatic N) is 1. The molecule has 1 unspecified atom stereocenters. The molecular weight excluding hydrogens is 254 g/mol. The first-order valence-corrected chi connectivity index (χ1v) is 7.65. The van der Waals surface area contributed by atoms with Crippen molar-refractivity contribution in [3.05, 3.63) is 15.6 Å². The summed E-state index contributed by atoms with van der Waals surface area (Å²) in [5.74, 6) is 1.87. The minimum atomic E-state index is -0.0141. The minimum absolute atomic E-state index is 0.0141. The third kappa shape index (κ3) is 3.43. The summed E-state index contributed by atoms with van der Waals surface area (Å²) in [6.07, 6.45) is 0.824. The molecule has 0 aromatic carbocycles. The van der Waals surface area contributed by atoms with Crippen molar-refractivity contribution in [3.8, 4) is 0 Å². The van der Waals surface area contributed by atoms with Crippen molar-refractivity contribution in [2.75, 3.05) is 18.2 Å².